The Kier molecular flexibility index (Phi) is 10.9. The van der Waals surface area contributed by atoms with E-state index in [-0.39, 0.29) is 30.6 Å². The third-order valence-electron chi connectivity index (χ3n) is 5.60. The minimum atomic E-state index is -5.06. The number of likely N-dealkylation sites (N-methyl/N-ethyl adjacent to an activating group) is 1. The molecule has 0 saturated heterocycles. The second-order valence-electron chi connectivity index (χ2n) is 9.39. The summed E-state index contributed by atoms with van der Waals surface area (Å²) in [4.78, 5) is 11.7. The van der Waals surface area contributed by atoms with E-state index in [1.54, 1.807) is 11.3 Å². The van der Waals surface area contributed by atoms with Gasteiger partial charge in [-0.05, 0) is 68.7 Å². The second-order valence-corrected chi connectivity index (χ2v) is 12.5. The first kappa shape index (κ1) is 31.0. The largest absolute Gasteiger partial charge is 0.573 e. The maximum absolute atomic E-state index is 13.1. The van der Waals surface area contributed by atoms with Gasteiger partial charge < -0.3 is 20.3 Å². The Morgan fingerprint density at radius 3 is 2.51 bits per heavy atom. The summed E-state index contributed by atoms with van der Waals surface area (Å²) in [6.07, 6.45) is -4.03. The van der Waals surface area contributed by atoms with Crippen molar-refractivity contribution in [3.05, 3.63) is 46.2 Å². The van der Waals surface area contributed by atoms with Crippen LogP contribution in [0.25, 0.3) is 0 Å². The quantitative estimate of drug-likeness (QED) is 0.298. The minimum Gasteiger partial charge on any atom is -0.481 e. The van der Waals surface area contributed by atoms with Crippen LogP contribution in [0.2, 0.25) is 0 Å². The van der Waals surface area contributed by atoms with E-state index < -0.39 is 45.5 Å². The number of rotatable bonds is 15. The van der Waals surface area contributed by atoms with Crippen LogP contribution < -0.4 is 10.1 Å². The molecule has 0 saturated carbocycles. The fourth-order valence-electron chi connectivity index (χ4n) is 3.65. The van der Waals surface area contributed by atoms with Crippen molar-refractivity contribution in [2.24, 2.45) is 0 Å². The Labute approximate surface area is 219 Å². The first-order chi connectivity index (χ1) is 17.1. The molecule has 1 aromatic heterocycles. The summed E-state index contributed by atoms with van der Waals surface area (Å²) in [6.45, 7) is 3.77. The zero-order valence-corrected chi connectivity index (χ0v) is 22.5. The highest BCUT2D eigenvalue weighted by atomic mass is 32.2. The molecule has 0 aliphatic heterocycles. The number of aliphatic hydroxyl groups excluding tert-OH is 1. The molecule has 2 rings (SSSR count). The molecule has 0 amide bonds. The fraction of sp³-hybridized carbons (Fsp3) is 0.542. The molecule has 0 bridgehead atoms. The molecule has 2 aromatic rings. The number of aryl methyl sites for hydroxylation is 2. The lowest BCUT2D eigenvalue weighted by Crippen LogP contribution is -2.46. The predicted molar refractivity (Wildman–Crippen MR) is 134 cm³/mol. The van der Waals surface area contributed by atoms with Gasteiger partial charge in [0.1, 0.15) is 5.75 Å². The Bertz CT molecular complexity index is 1120. The van der Waals surface area contributed by atoms with E-state index in [1.807, 2.05) is 25.3 Å². The van der Waals surface area contributed by atoms with Crippen molar-refractivity contribution in [2.75, 3.05) is 20.1 Å². The molecular formula is C24H33F3N2O6S2. The highest BCUT2D eigenvalue weighted by molar-refractivity contribution is 7.89. The molecule has 13 heteroatoms. The summed E-state index contributed by atoms with van der Waals surface area (Å²) in [5.74, 6) is -1.96. The van der Waals surface area contributed by atoms with Crippen LogP contribution in [0.3, 0.4) is 0 Å². The Morgan fingerprint density at radius 2 is 1.92 bits per heavy atom. The van der Waals surface area contributed by atoms with Crippen molar-refractivity contribution in [2.45, 2.75) is 68.9 Å². The predicted octanol–water partition coefficient (Wildman–Crippen LogP) is 4.04. The molecular weight excluding hydrogens is 533 g/mol. The number of hydrogen-bond acceptors (Lipinski definition) is 7. The third-order valence-corrected chi connectivity index (χ3v) is 8.34. The van der Waals surface area contributed by atoms with Crippen LogP contribution in [0.4, 0.5) is 13.2 Å². The Balaban J connectivity index is 2.03. The van der Waals surface area contributed by atoms with Crippen LogP contribution in [0, 0.1) is 0 Å². The van der Waals surface area contributed by atoms with Crippen molar-refractivity contribution >= 4 is 27.3 Å². The van der Waals surface area contributed by atoms with Gasteiger partial charge in [-0.25, -0.2) is 8.42 Å². The monoisotopic (exact) mass is 566 g/mol. The lowest BCUT2D eigenvalue weighted by Gasteiger charge is -2.29. The maximum Gasteiger partial charge on any atom is 0.573 e. The summed E-state index contributed by atoms with van der Waals surface area (Å²) in [5.41, 5.74) is -0.250. The molecule has 0 radical (unpaired) electrons. The number of carboxylic acids is 1. The van der Waals surface area contributed by atoms with Gasteiger partial charge in [0, 0.05) is 43.0 Å². The summed E-state index contributed by atoms with van der Waals surface area (Å²) < 4.78 is 69.2. The number of carbonyl (C=O) groups is 1. The number of aliphatic carboxylic acids is 1. The van der Waals surface area contributed by atoms with Gasteiger partial charge in [0.2, 0.25) is 10.0 Å². The fourth-order valence-corrected chi connectivity index (χ4v) is 5.69. The van der Waals surface area contributed by atoms with Crippen molar-refractivity contribution in [3.8, 4) is 5.75 Å². The van der Waals surface area contributed by atoms with Crippen LogP contribution in [0.1, 0.15) is 43.6 Å². The first-order valence-electron chi connectivity index (χ1n) is 11.6. The smallest absolute Gasteiger partial charge is 0.481 e. The van der Waals surface area contributed by atoms with Crippen LogP contribution in [-0.4, -0.2) is 67.0 Å². The number of sulfonamides is 1. The number of aliphatic hydroxyl groups is 1. The minimum absolute atomic E-state index is 0.0580. The highest BCUT2D eigenvalue weighted by Gasteiger charge is 2.32. The molecule has 0 spiro atoms. The molecule has 1 aromatic carbocycles. The molecule has 208 valence electrons. The van der Waals surface area contributed by atoms with E-state index in [4.69, 9.17) is 5.11 Å². The number of alkyl halides is 3. The highest BCUT2D eigenvalue weighted by Crippen LogP contribution is 2.29. The Hall–Kier alpha value is -2.19. The third kappa shape index (κ3) is 11.0. The number of benzene rings is 1. The molecule has 0 unspecified atom stereocenters. The van der Waals surface area contributed by atoms with E-state index in [0.717, 1.165) is 41.8 Å². The number of hydrogen-bond donors (Lipinski definition) is 3. The van der Waals surface area contributed by atoms with Crippen LogP contribution >= 0.6 is 11.3 Å². The normalized spacial score (nSPS) is 13.6. The lowest BCUT2D eigenvalue weighted by molar-refractivity contribution is -0.274. The number of thiophene rings is 1. The maximum atomic E-state index is 13.1. The zero-order chi connectivity index (χ0) is 27.9. The molecule has 0 aliphatic carbocycles. The zero-order valence-electron chi connectivity index (χ0n) is 20.9. The number of ether oxygens (including phenoxy) is 1. The average molecular weight is 567 g/mol. The van der Waals surface area contributed by atoms with E-state index in [0.29, 0.717) is 0 Å². The molecule has 1 heterocycles. The van der Waals surface area contributed by atoms with Gasteiger partial charge in [-0.3, -0.25) is 4.79 Å². The summed E-state index contributed by atoms with van der Waals surface area (Å²) in [5, 5.41) is 24.6. The van der Waals surface area contributed by atoms with Crippen molar-refractivity contribution in [1.29, 1.82) is 0 Å². The molecule has 3 N–H and O–H groups in total. The van der Waals surface area contributed by atoms with Crippen LogP contribution in [-0.2, 0) is 27.7 Å². The molecule has 8 nitrogen and oxygen atoms in total. The average Bonchev–Trinajstić information content (AvgIpc) is 3.28. The number of β-amino-alcohol motifs (C(OH)–C–C–N with tert-alkyl or cyclic N) is 1. The van der Waals surface area contributed by atoms with E-state index in [2.05, 4.69) is 16.1 Å². The lowest BCUT2D eigenvalue weighted by atomic mass is 9.96. The first-order valence-corrected chi connectivity index (χ1v) is 13.9. The van der Waals surface area contributed by atoms with Crippen molar-refractivity contribution < 1.29 is 41.3 Å². The molecule has 37 heavy (non-hydrogen) atoms. The van der Waals surface area contributed by atoms with Gasteiger partial charge in [0.15, 0.2) is 0 Å². The topological polar surface area (TPSA) is 116 Å². The van der Waals surface area contributed by atoms with E-state index in [9.17, 15) is 31.5 Å². The van der Waals surface area contributed by atoms with Crippen LogP contribution in [0.5, 0.6) is 5.75 Å². The van der Waals surface area contributed by atoms with Gasteiger partial charge in [-0.2, -0.15) is 4.31 Å². The van der Waals surface area contributed by atoms with Gasteiger partial charge >= 0.3 is 12.3 Å². The molecule has 1 atom stereocenters. The number of nitrogens with one attached hydrogen (secondary N) is 1. The SMILES string of the molecule is CN(C[C@H](O)CNC(C)(C)CCCc1cccs1)S(=O)(=O)c1cc(CCC(=O)O)cc(OC(F)(F)F)c1. The van der Waals surface area contributed by atoms with Crippen molar-refractivity contribution in [1.82, 2.24) is 9.62 Å². The summed E-state index contributed by atoms with van der Waals surface area (Å²) in [7, 11) is -3.11. The van der Waals surface area contributed by atoms with Crippen LogP contribution in [0.15, 0.2) is 40.6 Å². The summed E-state index contributed by atoms with van der Waals surface area (Å²) >= 11 is 1.69. The number of carboxylic acid groups (broad SMARTS) is 1. The standard InChI is InChI=1S/C24H33F3N2O6S2/c1-23(2,10-4-6-20-7-5-11-36-20)28-15-18(30)16-29(3)37(33,34)21-13-17(8-9-22(31)32)12-19(14-21)35-24(25,26)27/h5,7,11-14,18,28,30H,4,6,8-10,15-16H2,1-3H3,(H,31,32)/t18-/m1/s1. The van der Waals surface area contributed by atoms with E-state index in [1.165, 1.54) is 11.9 Å². The van der Waals surface area contributed by atoms with Gasteiger partial charge in [-0.15, -0.1) is 24.5 Å². The summed E-state index contributed by atoms with van der Waals surface area (Å²) in [6, 6.07) is 6.87. The van der Waals surface area contributed by atoms with Crippen molar-refractivity contribution in [3.63, 3.8) is 0 Å². The number of halogens is 3. The number of nitrogens with zero attached hydrogens (tertiary/aromatic N) is 1. The molecule has 0 fully saturated rings. The van der Waals surface area contributed by atoms with E-state index >= 15 is 0 Å². The van der Waals surface area contributed by atoms with Gasteiger partial charge in [-0.1, -0.05) is 6.07 Å². The van der Waals surface area contributed by atoms with Gasteiger partial charge in [0.05, 0.1) is 11.0 Å². The second kappa shape index (κ2) is 13.1. The van der Waals surface area contributed by atoms with Gasteiger partial charge in [0.25, 0.3) is 0 Å². The molecule has 0 aliphatic rings. The Morgan fingerprint density at radius 1 is 1.22 bits per heavy atom.